The van der Waals surface area contributed by atoms with Crippen molar-refractivity contribution in [2.75, 3.05) is 13.6 Å². The molecule has 0 bridgehead atoms. The van der Waals surface area contributed by atoms with Crippen LogP contribution in [0.1, 0.15) is 17.3 Å². The molecule has 0 atom stereocenters. The highest BCUT2D eigenvalue weighted by Gasteiger charge is 2.15. The first-order valence-electron chi connectivity index (χ1n) is 7.69. The molecular formula is C19H15ClFNO3. The summed E-state index contributed by atoms with van der Waals surface area (Å²) in [4.78, 5) is 25.8. The molecule has 1 amide bonds. The fourth-order valence-corrected chi connectivity index (χ4v) is 2.86. The van der Waals surface area contributed by atoms with Gasteiger partial charge in [-0.05, 0) is 43.3 Å². The number of hydrogen-bond acceptors (Lipinski definition) is 3. The molecule has 0 fully saturated rings. The highest BCUT2D eigenvalue weighted by Crippen LogP contribution is 2.33. The molecule has 4 nitrogen and oxygen atoms in total. The van der Waals surface area contributed by atoms with Crippen molar-refractivity contribution in [3.8, 4) is 11.1 Å². The minimum Gasteiger partial charge on any atom is -0.423 e. The van der Waals surface area contributed by atoms with Gasteiger partial charge in [0.15, 0.2) is 0 Å². The van der Waals surface area contributed by atoms with Crippen molar-refractivity contribution in [3.63, 3.8) is 0 Å². The zero-order valence-corrected chi connectivity index (χ0v) is 14.4. The summed E-state index contributed by atoms with van der Waals surface area (Å²) in [6, 6.07) is 10.2. The van der Waals surface area contributed by atoms with Crippen molar-refractivity contribution in [1.29, 1.82) is 0 Å². The second-order valence-corrected chi connectivity index (χ2v) is 6.04. The Bertz CT molecular complexity index is 1030. The van der Waals surface area contributed by atoms with E-state index in [9.17, 15) is 14.0 Å². The molecule has 0 aliphatic carbocycles. The summed E-state index contributed by atoms with van der Waals surface area (Å²) >= 11 is 6.13. The molecule has 0 unspecified atom stereocenters. The van der Waals surface area contributed by atoms with E-state index >= 15 is 0 Å². The summed E-state index contributed by atoms with van der Waals surface area (Å²) in [5.74, 6) is -0.631. The molecule has 6 heteroatoms. The number of benzene rings is 2. The first kappa shape index (κ1) is 17.2. The Morgan fingerprint density at radius 3 is 2.60 bits per heavy atom. The lowest BCUT2D eigenvalue weighted by molar-refractivity contribution is 0.0802. The van der Waals surface area contributed by atoms with E-state index in [1.807, 2.05) is 6.92 Å². The highest BCUT2D eigenvalue weighted by atomic mass is 35.5. The van der Waals surface area contributed by atoms with E-state index in [1.54, 1.807) is 24.1 Å². The Morgan fingerprint density at radius 2 is 1.92 bits per heavy atom. The number of hydrogen-bond donors (Lipinski definition) is 0. The summed E-state index contributed by atoms with van der Waals surface area (Å²) in [6.45, 7) is 2.43. The van der Waals surface area contributed by atoms with Crippen LogP contribution in [0.4, 0.5) is 4.39 Å². The Morgan fingerprint density at radius 1 is 1.16 bits per heavy atom. The number of rotatable bonds is 3. The van der Waals surface area contributed by atoms with Crippen molar-refractivity contribution >= 4 is 28.5 Å². The van der Waals surface area contributed by atoms with Crippen LogP contribution in [0.15, 0.2) is 51.7 Å². The van der Waals surface area contributed by atoms with Gasteiger partial charge in [0.2, 0.25) is 0 Å². The van der Waals surface area contributed by atoms with E-state index in [-0.39, 0.29) is 16.5 Å². The van der Waals surface area contributed by atoms with E-state index in [0.717, 1.165) is 0 Å². The molecule has 3 rings (SSSR count). The van der Waals surface area contributed by atoms with Crippen molar-refractivity contribution < 1.29 is 13.6 Å². The Kier molecular flexibility index (Phi) is 4.59. The van der Waals surface area contributed by atoms with Gasteiger partial charge in [0.25, 0.3) is 5.91 Å². The number of nitrogens with zero attached hydrogens (tertiary/aromatic N) is 1. The van der Waals surface area contributed by atoms with Gasteiger partial charge >= 0.3 is 5.63 Å². The summed E-state index contributed by atoms with van der Waals surface area (Å²) in [5, 5.41) is 0.807. The van der Waals surface area contributed by atoms with Crippen LogP contribution in [0.5, 0.6) is 0 Å². The lowest BCUT2D eigenvalue weighted by atomic mass is 10.0. The smallest absolute Gasteiger partial charge is 0.336 e. The van der Waals surface area contributed by atoms with E-state index < -0.39 is 11.4 Å². The molecule has 128 valence electrons. The van der Waals surface area contributed by atoms with Crippen LogP contribution in [0.25, 0.3) is 22.1 Å². The average Bonchev–Trinajstić information content (AvgIpc) is 2.59. The summed E-state index contributed by atoms with van der Waals surface area (Å²) in [6.07, 6.45) is 0. The zero-order chi connectivity index (χ0) is 18.1. The molecular weight excluding hydrogens is 345 g/mol. The molecule has 1 aromatic heterocycles. The van der Waals surface area contributed by atoms with Gasteiger partial charge in [0.1, 0.15) is 11.4 Å². The van der Waals surface area contributed by atoms with Crippen molar-refractivity contribution in [1.82, 2.24) is 4.90 Å². The first-order chi connectivity index (χ1) is 11.9. The maximum Gasteiger partial charge on any atom is 0.336 e. The van der Waals surface area contributed by atoms with Gasteiger partial charge in [-0.1, -0.05) is 11.6 Å². The van der Waals surface area contributed by atoms with Gasteiger partial charge in [-0.15, -0.1) is 0 Å². The Hall–Kier alpha value is -2.66. The van der Waals surface area contributed by atoms with Crippen LogP contribution >= 0.6 is 11.6 Å². The van der Waals surface area contributed by atoms with Crippen LogP contribution in [-0.4, -0.2) is 24.4 Å². The first-order valence-corrected chi connectivity index (χ1v) is 8.07. The van der Waals surface area contributed by atoms with Crippen LogP contribution < -0.4 is 5.63 Å². The van der Waals surface area contributed by atoms with Gasteiger partial charge < -0.3 is 9.32 Å². The normalized spacial score (nSPS) is 10.9. The quantitative estimate of drug-likeness (QED) is 0.653. The monoisotopic (exact) mass is 359 g/mol. The lowest BCUT2D eigenvalue weighted by Gasteiger charge is -2.15. The van der Waals surface area contributed by atoms with Gasteiger partial charge in [0, 0.05) is 41.7 Å². The van der Waals surface area contributed by atoms with Gasteiger partial charge in [-0.3, -0.25) is 4.79 Å². The predicted molar refractivity (Wildman–Crippen MR) is 95.5 cm³/mol. The van der Waals surface area contributed by atoms with Crippen LogP contribution in [-0.2, 0) is 0 Å². The molecule has 0 N–H and O–H groups in total. The maximum atomic E-state index is 13.3. The predicted octanol–water partition coefficient (Wildman–Crippen LogP) is 4.34. The second-order valence-electron chi connectivity index (χ2n) is 5.63. The Labute approximate surface area is 148 Å². The number of amides is 1. The lowest BCUT2D eigenvalue weighted by Crippen LogP contribution is -2.26. The highest BCUT2D eigenvalue weighted by molar-refractivity contribution is 6.33. The third-order valence-corrected chi connectivity index (χ3v) is 4.35. The van der Waals surface area contributed by atoms with Crippen LogP contribution in [0.3, 0.4) is 0 Å². The largest absolute Gasteiger partial charge is 0.423 e. The third-order valence-electron chi connectivity index (χ3n) is 4.03. The number of halogens is 2. The van der Waals surface area contributed by atoms with Crippen LogP contribution in [0, 0.1) is 5.82 Å². The molecule has 0 aliphatic rings. The number of carbonyl (C=O) groups excluding carboxylic acids is 1. The fraction of sp³-hybridized carbons (Fsp3) is 0.158. The minimum atomic E-state index is -0.573. The second kappa shape index (κ2) is 6.69. The molecule has 1 heterocycles. The SMILES string of the molecule is CCN(C)C(=O)c1ccc2c(-c3ccc(F)cc3Cl)cc(=O)oc2c1. The maximum absolute atomic E-state index is 13.3. The molecule has 25 heavy (non-hydrogen) atoms. The number of carbonyl (C=O) groups is 1. The average molecular weight is 360 g/mol. The van der Waals surface area contributed by atoms with E-state index in [1.165, 1.54) is 30.3 Å². The van der Waals surface area contributed by atoms with E-state index in [4.69, 9.17) is 16.0 Å². The molecule has 3 aromatic rings. The van der Waals surface area contributed by atoms with Crippen LogP contribution in [0.2, 0.25) is 5.02 Å². The topological polar surface area (TPSA) is 50.5 Å². The summed E-state index contributed by atoms with van der Waals surface area (Å²) < 4.78 is 18.5. The molecule has 0 saturated carbocycles. The van der Waals surface area contributed by atoms with Gasteiger partial charge in [-0.2, -0.15) is 0 Å². The van der Waals surface area contributed by atoms with Gasteiger partial charge in [0.05, 0.1) is 5.02 Å². The van der Waals surface area contributed by atoms with E-state index in [2.05, 4.69) is 0 Å². The standard InChI is InChI=1S/C19H15ClFNO3/c1-3-22(2)19(24)11-4-6-14-15(10-18(23)25-17(14)8-11)13-7-5-12(21)9-16(13)20/h4-10H,3H2,1-2H3. The summed E-state index contributed by atoms with van der Waals surface area (Å²) in [5.41, 5.74) is 1.17. The van der Waals surface area contributed by atoms with Gasteiger partial charge in [-0.25, -0.2) is 9.18 Å². The third kappa shape index (κ3) is 3.28. The van der Waals surface area contributed by atoms with Crippen molar-refractivity contribution in [3.05, 3.63) is 69.3 Å². The molecule has 0 spiro atoms. The Balaban J connectivity index is 2.21. The molecule has 0 radical (unpaired) electrons. The number of fused-ring (bicyclic) bond motifs is 1. The fourth-order valence-electron chi connectivity index (χ4n) is 2.59. The summed E-state index contributed by atoms with van der Waals surface area (Å²) in [7, 11) is 1.69. The van der Waals surface area contributed by atoms with E-state index in [0.29, 0.717) is 28.6 Å². The van der Waals surface area contributed by atoms with Crippen molar-refractivity contribution in [2.45, 2.75) is 6.92 Å². The van der Waals surface area contributed by atoms with Crippen molar-refractivity contribution in [2.24, 2.45) is 0 Å². The minimum absolute atomic E-state index is 0.169. The molecule has 2 aromatic carbocycles. The molecule has 0 aliphatic heterocycles. The molecule has 0 saturated heterocycles. The zero-order valence-electron chi connectivity index (χ0n) is 13.7.